The van der Waals surface area contributed by atoms with Crippen LogP contribution in [0.4, 0.5) is 5.82 Å². The molecule has 0 aromatic carbocycles. The summed E-state index contributed by atoms with van der Waals surface area (Å²) in [6.07, 6.45) is 6.14. The highest BCUT2D eigenvalue weighted by molar-refractivity contribution is 5.77. The highest BCUT2D eigenvalue weighted by Crippen LogP contribution is 2.27. The van der Waals surface area contributed by atoms with Crippen molar-refractivity contribution in [3.05, 3.63) is 18.1 Å². The second-order valence-electron chi connectivity index (χ2n) is 5.28. The number of amides is 1. The second kappa shape index (κ2) is 5.13. The van der Waals surface area contributed by atoms with Crippen LogP contribution in [0.1, 0.15) is 25.0 Å². The number of anilines is 1. The molecule has 102 valence electrons. The third kappa shape index (κ3) is 2.53. The van der Waals surface area contributed by atoms with Gasteiger partial charge in [-0.15, -0.1) is 0 Å². The van der Waals surface area contributed by atoms with E-state index >= 15 is 0 Å². The molecule has 0 aliphatic carbocycles. The van der Waals surface area contributed by atoms with Crippen LogP contribution in [-0.2, 0) is 11.3 Å². The van der Waals surface area contributed by atoms with Crippen LogP contribution in [0.5, 0.6) is 0 Å². The normalized spacial score (nSPS) is 26.8. The maximum atomic E-state index is 11.4. The van der Waals surface area contributed by atoms with Gasteiger partial charge < -0.3 is 16.0 Å². The quantitative estimate of drug-likeness (QED) is 0.785. The van der Waals surface area contributed by atoms with Crippen molar-refractivity contribution in [2.24, 2.45) is 11.7 Å². The molecule has 2 saturated heterocycles. The van der Waals surface area contributed by atoms with E-state index in [4.69, 9.17) is 5.73 Å². The average molecular weight is 261 g/mol. The average Bonchev–Trinajstić information content (AvgIpc) is 2.47. The summed E-state index contributed by atoms with van der Waals surface area (Å²) in [5.74, 6) is 1.64. The van der Waals surface area contributed by atoms with Gasteiger partial charge in [0.2, 0.25) is 5.91 Å². The molecule has 0 radical (unpaired) electrons. The van der Waals surface area contributed by atoms with Gasteiger partial charge in [0.05, 0.1) is 18.1 Å². The fourth-order valence-corrected chi connectivity index (χ4v) is 2.93. The molecule has 2 fully saturated rings. The maximum absolute atomic E-state index is 11.4. The number of nitrogens with zero attached hydrogens (tertiary/aromatic N) is 3. The number of aromatic nitrogens is 2. The minimum atomic E-state index is 0.196. The number of carbonyl (C=O) groups is 1. The summed E-state index contributed by atoms with van der Waals surface area (Å²) in [4.78, 5) is 22.3. The smallest absolute Gasteiger partial charge is 0.220 e. The van der Waals surface area contributed by atoms with Crippen LogP contribution in [0.25, 0.3) is 0 Å². The molecular formula is C13H19N5O. The Morgan fingerprint density at radius 1 is 1.37 bits per heavy atom. The molecule has 0 saturated carbocycles. The van der Waals surface area contributed by atoms with Crippen molar-refractivity contribution in [3.63, 3.8) is 0 Å². The van der Waals surface area contributed by atoms with Crippen molar-refractivity contribution >= 4 is 11.7 Å². The van der Waals surface area contributed by atoms with E-state index in [2.05, 4.69) is 20.2 Å². The van der Waals surface area contributed by atoms with Crippen LogP contribution in [-0.4, -0.2) is 35.0 Å². The first-order valence-electron chi connectivity index (χ1n) is 6.81. The number of nitrogens with one attached hydrogen (secondary N) is 1. The van der Waals surface area contributed by atoms with Gasteiger partial charge in [0.15, 0.2) is 0 Å². The van der Waals surface area contributed by atoms with Crippen molar-refractivity contribution in [2.75, 3.05) is 18.0 Å². The number of carbonyl (C=O) groups excluding carboxylic acids is 1. The predicted octanol–water partition coefficient (Wildman–Crippen LogP) is 0.0402. The Morgan fingerprint density at radius 3 is 3.00 bits per heavy atom. The number of hydrogen-bond donors (Lipinski definition) is 2. The van der Waals surface area contributed by atoms with E-state index in [0.717, 1.165) is 37.4 Å². The van der Waals surface area contributed by atoms with Crippen molar-refractivity contribution in [2.45, 2.75) is 31.8 Å². The largest absolute Gasteiger partial charge is 0.355 e. The first-order chi connectivity index (χ1) is 9.26. The van der Waals surface area contributed by atoms with E-state index in [-0.39, 0.29) is 5.91 Å². The number of nitrogens with two attached hydrogens (primary N) is 1. The molecule has 3 heterocycles. The Morgan fingerprint density at radius 2 is 2.26 bits per heavy atom. The van der Waals surface area contributed by atoms with E-state index in [1.165, 1.54) is 0 Å². The third-order valence-electron chi connectivity index (χ3n) is 4.05. The van der Waals surface area contributed by atoms with Crippen LogP contribution in [0.15, 0.2) is 12.4 Å². The molecule has 2 unspecified atom stereocenters. The molecule has 2 aliphatic heterocycles. The summed E-state index contributed by atoms with van der Waals surface area (Å²) < 4.78 is 0. The Balaban J connectivity index is 1.68. The van der Waals surface area contributed by atoms with E-state index < -0.39 is 0 Å². The molecule has 1 amide bonds. The van der Waals surface area contributed by atoms with Crippen LogP contribution in [0.2, 0.25) is 0 Å². The molecule has 1 aromatic rings. The van der Waals surface area contributed by atoms with Crippen LogP contribution < -0.4 is 16.0 Å². The van der Waals surface area contributed by atoms with Gasteiger partial charge in [-0.25, -0.2) is 4.98 Å². The minimum Gasteiger partial charge on any atom is -0.355 e. The first-order valence-corrected chi connectivity index (χ1v) is 6.81. The highest BCUT2D eigenvalue weighted by Gasteiger charge is 2.34. The van der Waals surface area contributed by atoms with Gasteiger partial charge in [-0.1, -0.05) is 0 Å². The molecule has 6 heteroatoms. The van der Waals surface area contributed by atoms with Crippen LogP contribution >= 0.6 is 0 Å². The van der Waals surface area contributed by atoms with Crippen molar-refractivity contribution < 1.29 is 4.79 Å². The predicted molar refractivity (Wildman–Crippen MR) is 71.4 cm³/mol. The zero-order valence-corrected chi connectivity index (χ0v) is 10.9. The Kier molecular flexibility index (Phi) is 3.33. The Bertz CT molecular complexity index is 461. The molecule has 3 rings (SSSR count). The van der Waals surface area contributed by atoms with Gasteiger partial charge in [-0.3, -0.25) is 9.78 Å². The second-order valence-corrected chi connectivity index (χ2v) is 5.28. The van der Waals surface area contributed by atoms with Gasteiger partial charge in [0.25, 0.3) is 0 Å². The summed E-state index contributed by atoms with van der Waals surface area (Å²) in [6, 6.07) is 0.341. The van der Waals surface area contributed by atoms with Crippen molar-refractivity contribution in [1.82, 2.24) is 15.3 Å². The lowest BCUT2D eigenvalue weighted by molar-refractivity contribution is -0.124. The zero-order chi connectivity index (χ0) is 13.2. The molecule has 19 heavy (non-hydrogen) atoms. The van der Waals surface area contributed by atoms with Gasteiger partial charge >= 0.3 is 0 Å². The Labute approximate surface area is 112 Å². The van der Waals surface area contributed by atoms with Crippen molar-refractivity contribution in [3.8, 4) is 0 Å². The van der Waals surface area contributed by atoms with Crippen LogP contribution in [0.3, 0.4) is 0 Å². The maximum Gasteiger partial charge on any atom is 0.220 e. The SMILES string of the molecule is NCc1cnc(N2CCC3NC(=O)CCC3C2)cn1. The zero-order valence-electron chi connectivity index (χ0n) is 10.9. The topological polar surface area (TPSA) is 84.1 Å². The number of rotatable bonds is 2. The van der Waals surface area contributed by atoms with Gasteiger partial charge in [-0.05, 0) is 18.8 Å². The first kappa shape index (κ1) is 12.3. The monoisotopic (exact) mass is 261 g/mol. The van der Waals surface area contributed by atoms with Gasteiger partial charge in [-0.2, -0.15) is 0 Å². The van der Waals surface area contributed by atoms with E-state index in [1.807, 2.05) is 0 Å². The lowest BCUT2D eigenvalue weighted by Crippen LogP contribution is -2.54. The summed E-state index contributed by atoms with van der Waals surface area (Å²) >= 11 is 0. The van der Waals surface area contributed by atoms with E-state index in [1.54, 1.807) is 12.4 Å². The van der Waals surface area contributed by atoms with E-state index in [0.29, 0.717) is 24.9 Å². The summed E-state index contributed by atoms with van der Waals surface area (Å²) in [7, 11) is 0. The fraction of sp³-hybridized carbons (Fsp3) is 0.615. The Hall–Kier alpha value is -1.69. The lowest BCUT2D eigenvalue weighted by Gasteiger charge is -2.41. The highest BCUT2D eigenvalue weighted by atomic mass is 16.1. The molecule has 2 atom stereocenters. The molecule has 0 bridgehead atoms. The van der Waals surface area contributed by atoms with Gasteiger partial charge in [0, 0.05) is 32.1 Å². The fourth-order valence-electron chi connectivity index (χ4n) is 2.93. The minimum absolute atomic E-state index is 0.196. The standard InChI is InChI=1S/C13H19N5O/c14-5-10-6-16-12(7-15-10)18-4-3-11-9(8-18)1-2-13(19)17-11/h6-7,9,11H,1-5,8,14H2,(H,17,19). The summed E-state index contributed by atoms with van der Waals surface area (Å²) in [6.45, 7) is 2.28. The molecule has 6 nitrogen and oxygen atoms in total. The third-order valence-corrected chi connectivity index (χ3v) is 4.05. The molecule has 0 spiro atoms. The molecule has 3 N–H and O–H groups in total. The van der Waals surface area contributed by atoms with Crippen LogP contribution in [0, 0.1) is 5.92 Å². The van der Waals surface area contributed by atoms with Crippen molar-refractivity contribution in [1.29, 1.82) is 0 Å². The number of fused-ring (bicyclic) bond motifs is 1. The molecule has 2 aliphatic rings. The number of piperidine rings is 2. The summed E-state index contributed by atoms with van der Waals surface area (Å²) in [5, 5.41) is 3.09. The number of hydrogen-bond acceptors (Lipinski definition) is 5. The van der Waals surface area contributed by atoms with E-state index in [9.17, 15) is 4.79 Å². The van der Waals surface area contributed by atoms with Gasteiger partial charge in [0.1, 0.15) is 5.82 Å². The molecule has 1 aromatic heterocycles. The molecular weight excluding hydrogens is 242 g/mol. The summed E-state index contributed by atoms with van der Waals surface area (Å²) in [5.41, 5.74) is 6.33. The lowest BCUT2D eigenvalue weighted by atomic mass is 9.85.